The monoisotopic (exact) mass is 749 g/mol. The van der Waals surface area contributed by atoms with Crippen LogP contribution in [0.25, 0.3) is 30.9 Å². The molecule has 0 radical (unpaired) electrons. The number of rotatable bonds is 12. The van der Waals surface area contributed by atoms with Gasteiger partial charge in [0.2, 0.25) is 11.8 Å². The zero-order chi connectivity index (χ0) is 37.1. The molecule has 2 saturated heterocycles. The predicted octanol–water partition coefficient (Wildman–Crippen LogP) is 6.80. The molecule has 0 aromatic carbocycles. The minimum Gasteiger partial charge on any atom is -0.469 e. The normalized spacial score (nSPS) is 18.6. The third-order valence-electron chi connectivity index (χ3n) is 10.0. The predicted molar refractivity (Wildman–Crippen MR) is 199 cm³/mol. The molecule has 2 fully saturated rings. The van der Waals surface area contributed by atoms with Crippen LogP contribution in [0, 0.1) is 17.8 Å². The smallest absolute Gasteiger partial charge is 0.407 e. The summed E-state index contributed by atoms with van der Waals surface area (Å²) in [4.78, 5) is 75.5. The number of nitrogens with zero attached hydrogens (tertiary/aromatic N) is 4. The van der Waals surface area contributed by atoms with Gasteiger partial charge in [-0.1, -0.05) is 27.7 Å². The molecule has 278 valence electrons. The number of imidazole rings is 2. The zero-order valence-corrected chi connectivity index (χ0v) is 32.1. The number of H-pyrrole nitrogens is 2. The molecule has 15 heteroatoms. The van der Waals surface area contributed by atoms with Crippen LogP contribution in [0.3, 0.4) is 0 Å². The van der Waals surface area contributed by atoms with Crippen molar-refractivity contribution in [3.8, 4) is 30.9 Å². The molecule has 0 bridgehead atoms. The first-order valence-corrected chi connectivity index (χ1v) is 19.4. The maximum absolute atomic E-state index is 13.6. The van der Waals surface area contributed by atoms with Gasteiger partial charge in [-0.05, 0) is 61.8 Å². The van der Waals surface area contributed by atoms with Crippen molar-refractivity contribution in [3.05, 3.63) is 48.3 Å². The highest BCUT2D eigenvalue weighted by atomic mass is 32.1. The van der Waals surface area contributed by atoms with E-state index in [-0.39, 0.29) is 48.1 Å². The summed E-state index contributed by atoms with van der Waals surface area (Å²) in [5.74, 6) is 0.413. The van der Waals surface area contributed by atoms with Gasteiger partial charge in [0.05, 0.1) is 72.2 Å². The molecule has 6 heterocycles. The quantitative estimate of drug-likeness (QED) is 0.133. The number of aromatic amines is 2. The lowest BCUT2D eigenvalue weighted by Gasteiger charge is -2.30. The molecule has 6 rings (SSSR count). The fourth-order valence-corrected chi connectivity index (χ4v) is 9.12. The molecule has 3 amide bonds. The summed E-state index contributed by atoms with van der Waals surface area (Å²) in [5, 5.41) is 2.70. The Balaban J connectivity index is 1.13. The van der Waals surface area contributed by atoms with Gasteiger partial charge in [-0.2, -0.15) is 0 Å². The van der Waals surface area contributed by atoms with Gasteiger partial charge in [0, 0.05) is 22.8 Å². The molecule has 0 aliphatic carbocycles. The first-order chi connectivity index (χ1) is 25.0. The molecule has 13 nitrogen and oxygen atoms in total. The SMILES string of the molecule is COC(=O)C[C@H](C(=O)N1CCC[C@H]1c1ncc(-c2ccc(-c3ccc(-c4cnc([C@@H]5CCCN5C(=O)[C@@H](NC(=O)OC)C(C)C)[nH]4)s3)s2)[nH]1)C(C)C. The van der Waals surface area contributed by atoms with E-state index in [1.165, 1.54) is 14.2 Å². The number of carbonyl (C=O) groups excluding carboxylic acids is 4. The van der Waals surface area contributed by atoms with Crippen LogP contribution in [0.5, 0.6) is 0 Å². The largest absolute Gasteiger partial charge is 0.469 e. The van der Waals surface area contributed by atoms with E-state index < -0.39 is 18.1 Å². The number of amides is 3. The molecular weight excluding hydrogens is 703 g/mol. The van der Waals surface area contributed by atoms with E-state index in [9.17, 15) is 19.2 Å². The zero-order valence-electron chi connectivity index (χ0n) is 30.4. The van der Waals surface area contributed by atoms with E-state index in [4.69, 9.17) is 19.4 Å². The van der Waals surface area contributed by atoms with Gasteiger partial charge in [0.25, 0.3) is 0 Å². The number of methoxy groups -OCH3 is 2. The Morgan fingerprint density at radius 3 is 1.73 bits per heavy atom. The summed E-state index contributed by atoms with van der Waals surface area (Å²) >= 11 is 3.33. The van der Waals surface area contributed by atoms with Crippen LogP contribution in [-0.2, 0) is 23.9 Å². The van der Waals surface area contributed by atoms with Crippen molar-refractivity contribution < 1.29 is 28.7 Å². The molecule has 0 spiro atoms. The summed E-state index contributed by atoms with van der Waals surface area (Å²) in [6, 6.07) is 7.32. The number of carbonyl (C=O) groups is 4. The van der Waals surface area contributed by atoms with Gasteiger partial charge in [-0.25, -0.2) is 14.8 Å². The second kappa shape index (κ2) is 16.0. The Morgan fingerprint density at radius 1 is 0.769 bits per heavy atom. The van der Waals surface area contributed by atoms with Gasteiger partial charge < -0.3 is 34.6 Å². The lowest BCUT2D eigenvalue weighted by atomic mass is 9.91. The molecule has 4 aromatic heterocycles. The van der Waals surface area contributed by atoms with Gasteiger partial charge in [-0.3, -0.25) is 14.4 Å². The van der Waals surface area contributed by atoms with Gasteiger partial charge in [0.15, 0.2) is 0 Å². The number of alkyl carbamates (subject to hydrolysis) is 1. The van der Waals surface area contributed by atoms with Crippen molar-refractivity contribution in [1.82, 2.24) is 35.1 Å². The Morgan fingerprint density at radius 2 is 1.27 bits per heavy atom. The number of aromatic nitrogens is 4. The van der Waals surface area contributed by atoms with E-state index in [0.717, 1.165) is 68.2 Å². The van der Waals surface area contributed by atoms with Crippen LogP contribution in [0.4, 0.5) is 4.79 Å². The van der Waals surface area contributed by atoms with Crippen LogP contribution in [0.2, 0.25) is 0 Å². The van der Waals surface area contributed by atoms with Gasteiger partial charge in [0.1, 0.15) is 17.7 Å². The Bertz CT molecular complexity index is 1760. The molecule has 4 aromatic rings. The molecule has 2 aliphatic heterocycles. The Hall–Kier alpha value is -4.50. The minimum absolute atomic E-state index is 0.00631. The summed E-state index contributed by atoms with van der Waals surface area (Å²) in [5.41, 5.74) is 1.78. The van der Waals surface area contributed by atoms with Gasteiger partial charge >= 0.3 is 12.1 Å². The first kappa shape index (κ1) is 37.3. The van der Waals surface area contributed by atoms with Crippen LogP contribution >= 0.6 is 22.7 Å². The molecule has 52 heavy (non-hydrogen) atoms. The van der Waals surface area contributed by atoms with Crippen molar-refractivity contribution in [1.29, 1.82) is 0 Å². The Labute approximate surface area is 311 Å². The number of hydrogen-bond acceptors (Lipinski definition) is 10. The van der Waals surface area contributed by atoms with Crippen LogP contribution in [0.1, 0.15) is 83.5 Å². The lowest BCUT2D eigenvalue weighted by molar-refractivity contribution is -0.148. The summed E-state index contributed by atoms with van der Waals surface area (Å²) in [6.07, 6.45) is 6.42. The number of thiophene rings is 2. The molecule has 0 saturated carbocycles. The van der Waals surface area contributed by atoms with Crippen molar-refractivity contribution in [2.75, 3.05) is 27.3 Å². The van der Waals surface area contributed by atoms with Gasteiger partial charge in [-0.15, -0.1) is 22.7 Å². The van der Waals surface area contributed by atoms with Crippen LogP contribution in [-0.4, -0.2) is 87.0 Å². The Kier molecular flexibility index (Phi) is 11.5. The van der Waals surface area contributed by atoms with Crippen molar-refractivity contribution >= 4 is 46.6 Å². The highest BCUT2D eigenvalue weighted by Crippen LogP contribution is 2.41. The van der Waals surface area contributed by atoms with E-state index >= 15 is 0 Å². The number of nitrogens with one attached hydrogen (secondary N) is 3. The number of ether oxygens (including phenoxy) is 2. The molecule has 4 atom stereocenters. The fourth-order valence-electron chi connectivity index (χ4n) is 7.08. The highest BCUT2D eigenvalue weighted by Gasteiger charge is 2.39. The second-order valence-corrected chi connectivity index (χ2v) is 16.2. The third-order valence-corrected chi connectivity index (χ3v) is 12.4. The van der Waals surface area contributed by atoms with Crippen LogP contribution < -0.4 is 5.32 Å². The number of esters is 1. The molecular formula is C37H47N7O6S2. The fraction of sp³-hybridized carbons (Fsp3) is 0.514. The standard InChI is InChI=1S/C37H47N7O6S2/c1-20(2)22(17-31(45)49-5)35(46)43-15-7-9-25(43)33-38-18-23(40-33)27-11-13-29(51-27)30-14-12-28(52-30)24-19-39-34(41-24)26-10-8-16-44(26)36(47)32(21(3)4)42-37(48)50-6/h11-14,18-22,25-26,32H,7-10,15-17H2,1-6H3,(H,38,40)(H,39,41)(H,42,48)/t22-,25-,26-,32-/m0/s1. The maximum Gasteiger partial charge on any atom is 0.407 e. The maximum atomic E-state index is 13.6. The topological polar surface area (TPSA) is 163 Å². The van der Waals surface area contributed by atoms with E-state index in [0.29, 0.717) is 13.1 Å². The van der Waals surface area contributed by atoms with Crippen molar-refractivity contribution in [2.24, 2.45) is 17.8 Å². The average molecular weight is 750 g/mol. The summed E-state index contributed by atoms with van der Waals surface area (Å²) in [6.45, 7) is 8.96. The van der Waals surface area contributed by atoms with E-state index in [2.05, 4.69) is 39.6 Å². The van der Waals surface area contributed by atoms with Crippen molar-refractivity contribution in [2.45, 2.75) is 77.9 Å². The number of hydrogen-bond donors (Lipinski definition) is 3. The first-order valence-electron chi connectivity index (χ1n) is 17.8. The second-order valence-electron chi connectivity index (χ2n) is 14.1. The van der Waals surface area contributed by atoms with Crippen molar-refractivity contribution in [3.63, 3.8) is 0 Å². The minimum atomic E-state index is -0.685. The number of likely N-dealkylation sites (tertiary alicyclic amines) is 2. The molecule has 0 unspecified atom stereocenters. The lowest BCUT2D eigenvalue weighted by Crippen LogP contribution is -2.51. The summed E-state index contributed by atoms with van der Waals surface area (Å²) < 4.78 is 9.62. The molecule has 2 aliphatic rings. The highest BCUT2D eigenvalue weighted by molar-refractivity contribution is 7.25. The van der Waals surface area contributed by atoms with E-state index in [1.54, 1.807) is 22.7 Å². The van der Waals surface area contributed by atoms with Crippen LogP contribution in [0.15, 0.2) is 36.7 Å². The average Bonchev–Trinajstić information content (AvgIpc) is 3.98. The summed E-state index contributed by atoms with van der Waals surface area (Å²) in [7, 11) is 2.64. The molecule has 3 N–H and O–H groups in total. The third kappa shape index (κ3) is 7.80. The van der Waals surface area contributed by atoms with E-state index in [1.807, 2.05) is 49.9 Å².